The van der Waals surface area contributed by atoms with Gasteiger partial charge in [-0.1, -0.05) is 19.9 Å². The molecule has 0 radical (unpaired) electrons. The summed E-state index contributed by atoms with van der Waals surface area (Å²) in [6.07, 6.45) is 0.0367. The van der Waals surface area contributed by atoms with Crippen LogP contribution in [0.15, 0.2) is 6.07 Å². The van der Waals surface area contributed by atoms with E-state index in [0.717, 1.165) is 16.7 Å². The van der Waals surface area contributed by atoms with Crippen molar-refractivity contribution in [3.63, 3.8) is 0 Å². The molecule has 0 atom stereocenters. The second kappa shape index (κ2) is 5.51. The van der Waals surface area contributed by atoms with E-state index in [2.05, 4.69) is 0 Å². The van der Waals surface area contributed by atoms with Gasteiger partial charge in [0.15, 0.2) is 11.5 Å². The predicted octanol–water partition coefficient (Wildman–Crippen LogP) is 3.07. The summed E-state index contributed by atoms with van der Waals surface area (Å²) in [6.45, 7) is 7.74. The Morgan fingerprint density at radius 2 is 1.74 bits per heavy atom. The van der Waals surface area contributed by atoms with E-state index in [0.29, 0.717) is 11.5 Å². The Bertz CT molecular complexity index is 489. The molecule has 4 heteroatoms. The number of carbonyl (C=O) groups is 1. The van der Waals surface area contributed by atoms with Gasteiger partial charge in [0.25, 0.3) is 0 Å². The monoisotopic (exact) mass is 266 g/mol. The molecule has 0 unspecified atom stereocenters. The quantitative estimate of drug-likeness (QED) is 0.889. The summed E-state index contributed by atoms with van der Waals surface area (Å²) < 4.78 is 10.9. The molecule has 1 aromatic rings. The first-order chi connectivity index (χ1) is 8.74. The molecule has 0 aromatic heterocycles. The van der Waals surface area contributed by atoms with Crippen LogP contribution in [-0.2, 0) is 10.2 Å². The van der Waals surface area contributed by atoms with Gasteiger partial charge in [-0.2, -0.15) is 0 Å². The van der Waals surface area contributed by atoms with Crippen molar-refractivity contribution in [1.29, 1.82) is 0 Å². The molecule has 4 nitrogen and oxygen atoms in total. The zero-order valence-electron chi connectivity index (χ0n) is 12.5. The largest absolute Gasteiger partial charge is 0.493 e. The lowest BCUT2D eigenvalue weighted by atomic mass is 9.79. The zero-order valence-corrected chi connectivity index (χ0v) is 12.5. The molecule has 0 aliphatic heterocycles. The molecule has 0 heterocycles. The van der Waals surface area contributed by atoms with Crippen molar-refractivity contribution in [3.8, 4) is 11.5 Å². The lowest BCUT2D eigenvalue weighted by molar-refractivity contribution is -0.138. The van der Waals surface area contributed by atoms with Crippen molar-refractivity contribution in [3.05, 3.63) is 22.8 Å². The molecule has 0 amide bonds. The van der Waals surface area contributed by atoms with Crippen LogP contribution in [0.2, 0.25) is 0 Å². The molecule has 1 rings (SSSR count). The number of hydrogen-bond donors (Lipinski definition) is 1. The molecule has 19 heavy (non-hydrogen) atoms. The van der Waals surface area contributed by atoms with E-state index in [1.807, 2.05) is 33.8 Å². The van der Waals surface area contributed by atoms with Crippen LogP contribution >= 0.6 is 0 Å². The SMILES string of the molecule is COc1c(C(C)(C)CC(=O)O)cc(C)c(C)c1OC. The second-order valence-electron chi connectivity index (χ2n) is 5.39. The minimum absolute atomic E-state index is 0.0367. The molecular formula is C15H22O4. The minimum Gasteiger partial charge on any atom is -0.493 e. The van der Waals surface area contributed by atoms with Crippen LogP contribution in [0, 0.1) is 13.8 Å². The summed E-state index contributed by atoms with van der Waals surface area (Å²) in [7, 11) is 3.17. The minimum atomic E-state index is -0.829. The molecule has 0 spiro atoms. The number of hydrogen-bond acceptors (Lipinski definition) is 3. The van der Waals surface area contributed by atoms with Crippen molar-refractivity contribution in [2.45, 2.75) is 39.5 Å². The first kappa shape index (κ1) is 15.3. The van der Waals surface area contributed by atoms with Crippen LogP contribution in [0.5, 0.6) is 11.5 Å². The van der Waals surface area contributed by atoms with Crippen LogP contribution in [0.4, 0.5) is 0 Å². The van der Waals surface area contributed by atoms with E-state index in [1.54, 1.807) is 14.2 Å². The van der Waals surface area contributed by atoms with Gasteiger partial charge in [0.2, 0.25) is 0 Å². The number of methoxy groups -OCH3 is 2. The van der Waals surface area contributed by atoms with Gasteiger partial charge >= 0.3 is 5.97 Å². The first-order valence-electron chi connectivity index (χ1n) is 6.19. The maximum absolute atomic E-state index is 11.0. The maximum Gasteiger partial charge on any atom is 0.304 e. The van der Waals surface area contributed by atoms with Gasteiger partial charge in [-0.05, 0) is 25.0 Å². The molecule has 1 N–H and O–H groups in total. The highest BCUT2D eigenvalue weighted by atomic mass is 16.5. The van der Waals surface area contributed by atoms with E-state index >= 15 is 0 Å². The third kappa shape index (κ3) is 3.00. The van der Waals surface area contributed by atoms with Crippen molar-refractivity contribution in [1.82, 2.24) is 0 Å². The van der Waals surface area contributed by atoms with Crippen LogP contribution in [0.3, 0.4) is 0 Å². The van der Waals surface area contributed by atoms with Gasteiger partial charge in [-0.3, -0.25) is 4.79 Å². The van der Waals surface area contributed by atoms with Gasteiger partial charge in [-0.25, -0.2) is 0 Å². The maximum atomic E-state index is 11.0. The van der Waals surface area contributed by atoms with Crippen molar-refractivity contribution in [2.75, 3.05) is 14.2 Å². The Balaban J connectivity index is 3.50. The normalized spacial score (nSPS) is 11.3. The predicted molar refractivity (Wildman–Crippen MR) is 74.3 cm³/mol. The Morgan fingerprint density at radius 1 is 1.21 bits per heavy atom. The van der Waals surface area contributed by atoms with E-state index in [9.17, 15) is 4.79 Å². The van der Waals surface area contributed by atoms with Crippen molar-refractivity contribution >= 4 is 5.97 Å². The fourth-order valence-corrected chi connectivity index (χ4v) is 2.29. The van der Waals surface area contributed by atoms with Crippen LogP contribution in [0.1, 0.15) is 37.0 Å². The molecule has 0 saturated heterocycles. The number of ether oxygens (including phenoxy) is 2. The van der Waals surface area contributed by atoms with Crippen LogP contribution in [0.25, 0.3) is 0 Å². The van der Waals surface area contributed by atoms with E-state index in [1.165, 1.54) is 0 Å². The first-order valence-corrected chi connectivity index (χ1v) is 6.19. The van der Waals surface area contributed by atoms with Crippen molar-refractivity contribution in [2.24, 2.45) is 0 Å². The van der Waals surface area contributed by atoms with Crippen LogP contribution in [-0.4, -0.2) is 25.3 Å². The average molecular weight is 266 g/mol. The smallest absolute Gasteiger partial charge is 0.304 e. The van der Waals surface area contributed by atoms with E-state index in [-0.39, 0.29) is 6.42 Å². The van der Waals surface area contributed by atoms with E-state index < -0.39 is 11.4 Å². The van der Waals surface area contributed by atoms with E-state index in [4.69, 9.17) is 14.6 Å². The summed E-state index contributed by atoms with van der Waals surface area (Å²) in [6, 6.07) is 1.99. The number of benzene rings is 1. The lowest BCUT2D eigenvalue weighted by Crippen LogP contribution is -2.23. The lowest BCUT2D eigenvalue weighted by Gasteiger charge is -2.28. The Hall–Kier alpha value is -1.71. The van der Waals surface area contributed by atoms with Gasteiger partial charge in [-0.15, -0.1) is 0 Å². The fraction of sp³-hybridized carbons (Fsp3) is 0.533. The molecule has 0 aliphatic rings. The van der Waals surface area contributed by atoms with Gasteiger partial charge in [0, 0.05) is 11.0 Å². The standard InChI is InChI=1S/C15H22O4/c1-9-7-11(15(3,4)8-12(16)17)14(19-6)13(18-5)10(9)2/h7H,8H2,1-6H3,(H,16,17). The summed E-state index contributed by atoms with van der Waals surface area (Å²) in [5.74, 6) is 0.470. The third-order valence-electron chi connectivity index (χ3n) is 3.47. The fourth-order valence-electron chi connectivity index (χ4n) is 2.29. The molecule has 0 bridgehead atoms. The number of rotatable bonds is 5. The molecular weight excluding hydrogens is 244 g/mol. The Morgan fingerprint density at radius 3 is 2.16 bits per heavy atom. The Labute approximate surface area is 114 Å². The highest BCUT2D eigenvalue weighted by Gasteiger charge is 2.30. The van der Waals surface area contributed by atoms with Gasteiger partial charge < -0.3 is 14.6 Å². The highest BCUT2D eigenvalue weighted by Crippen LogP contribution is 2.43. The highest BCUT2D eigenvalue weighted by molar-refractivity contribution is 5.70. The van der Waals surface area contributed by atoms with Gasteiger partial charge in [0.05, 0.1) is 20.6 Å². The molecule has 0 fully saturated rings. The molecule has 0 aliphatic carbocycles. The Kier molecular flexibility index (Phi) is 4.45. The second-order valence-corrected chi connectivity index (χ2v) is 5.39. The average Bonchev–Trinajstić information content (AvgIpc) is 2.29. The molecule has 1 aromatic carbocycles. The number of carboxylic acid groups (broad SMARTS) is 1. The topological polar surface area (TPSA) is 55.8 Å². The summed E-state index contributed by atoms with van der Waals surface area (Å²) >= 11 is 0. The van der Waals surface area contributed by atoms with Crippen molar-refractivity contribution < 1.29 is 19.4 Å². The third-order valence-corrected chi connectivity index (χ3v) is 3.47. The molecule has 106 valence electrons. The molecule has 0 saturated carbocycles. The van der Waals surface area contributed by atoms with Gasteiger partial charge in [0.1, 0.15) is 0 Å². The summed E-state index contributed by atoms with van der Waals surface area (Å²) in [5, 5.41) is 9.05. The zero-order chi connectivity index (χ0) is 14.8. The summed E-state index contributed by atoms with van der Waals surface area (Å²) in [5.41, 5.74) is 2.40. The number of aliphatic carboxylic acids is 1. The van der Waals surface area contributed by atoms with Crippen LogP contribution < -0.4 is 9.47 Å². The number of aryl methyl sites for hydroxylation is 1. The summed E-state index contributed by atoms with van der Waals surface area (Å²) in [4.78, 5) is 11.0. The number of carboxylic acids is 1.